The first-order valence-electron chi connectivity index (χ1n) is 50.4. The second-order valence-corrected chi connectivity index (χ2v) is 43.7. The molecule has 0 saturated carbocycles. The van der Waals surface area contributed by atoms with Crippen LogP contribution in [0.15, 0.2) is 132 Å². The number of carbonyl (C=O) groups excluding carboxylic acids is 8. The van der Waals surface area contributed by atoms with E-state index in [2.05, 4.69) is 99.9 Å². The summed E-state index contributed by atoms with van der Waals surface area (Å²) in [5, 5.41) is 32.4. The first kappa shape index (κ1) is 127. The number of amides is 8. The van der Waals surface area contributed by atoms with Crippen molar-refractivity contribution in [3.05, 3.63) is 243 Å². The van der Waals surface area contributed by atoms with E-state index in [1.54, 1.807) is 58.6 Å². The molecule has 0 unspecified atom stereocenters. The van der Waals surface area contributed by atoms with Gasteiger partial charge in [0.1, 0.15) is 49.4 Å². The zero-order chi connectivity index (χ0) is 112. The van der Waals surface area contributed by atoms with Gasteiger partial charge in [-0.3, -0.25) is 64.9 Å². The lowest BCUT2D eigenvalue weighted by atomic mass is 9.76. The highest BCUT2D eigenvalue weighted by atomic mass is 79.9. The molecule has 1 aliphatic heterocycles. The normalized spacial score (nSPS) is 13.3. The third-order valence-corrected chi connectivity index (χ3v) is 26.5. The van der Waals surface area contributed by atoms with E-state index in [9.17, 15) is 48.4 Å². The Kier molecular flexibility index (Phi) is 48.8. The molecule has 33 heteroatoms. The summed E-state index contributed by atoms with van der Waals surface area (Å²) >= 11 is 3.50. The molecule has 1 heterocycles. The molecule has 0 aliphatic carbocycles. The number of hydrogen-bond donors (Lipinski definition) is 7. The van der Waals surface area contributed by atoms with Gasteiger partial charge in [0.2, 0.25) is 0 Å². The van der Waals surface area contributed by atoms with E-state index >= 15 is 0 Å². The van der Waals surface area contributed by atoms with Crippen LogP contribution in [0, 0.1) is 105 Å². The van der Waals surface area contributed by atoms with Crippen molar-refractivity contribution in [2.75, 3.05) is 81.3 Å². The number of carbonyl (C=O) groups is 9. The molecule has 0 spiro atoms. The summed E-state index contributed by atoms with van der Waals surface area (Å²) in [6.45, 7) is 66.1. The van der Waals surface area contributed by atoms with Crippen molar-refractivity contribution in [3.63, 3.8) is 0 Å². The highest BCUT2D eigenvalue weighted by molar-refractivity contribution is 9.10. The van der Waals surface area contributed by atoms with Crippen molar-refractivity contribution in [2.45, 2.75) is 283 Å². The van der Waals surface area contributed by atoms with Gasteiger partial charge in [0.15, 0.2) is 0 Å². The predicted molar refractivity (Wildman–Crippen MR) is 588 cm³/mol. The van der Waals surface area contributed by atoms with Crippen LogP contribution >= 0.6 is 15.9 Å². The van der Waals surface area contributed by atoms with Crippen LogP contribution in [0.2, 0.25) is 0 Å². The fraction of sp³-hybridized carbons (Fsp3) is 0.504. The Balaban J connectivity index is 0.000000345. The van der Waals surface area contributed by atoms with Crippen molar-refractivity contribution in [3.8, 4) is 23.0 Å². The van der Waals surface area contributed by atoms with Gasteiger partial charge in [-0.15, -0.1) is 0 Å². The summed E-state index contributed by atoms with van der Waals surface area (Å²) in [6.07, 6.45) is 2.66. The highest BCUT2D eigenvalue weighted by Crippen LogP contribution is 2.40. The summed E-state index contributed by atoms with van der Waals surface area (Å²) in [6, 6.07) is 37.2. The molecule has 7 N–H and O–H groups in total. The minimum atomic E-state index is -1.77. The van der Waals surface area contributed by atoms with Crippen LogP contribution < -0.4 is 51.6 Å². The second kappa shape index (κ2) is 56.9. The zero-order valence-corrected chi connectivity index (χ0v) is 96.0. The number of hydrogen-bond acceptors (Lipinski definition) is 21. The third-order valence-electron chi connectivity index (χ3n) is 25.9. The molecule has 30 nitrogen and oxygen atoms in total. The van der Waals surface area contributed by atoms with Crippen molar-refractivity contribution < 1.29 is 106 Å². The van der Waals surface area contributed by atoms with Gasteiger partial charge in [-0.05, 0) is 259 Å². The number of nitrogens with one attached hydrogen (secondary N) is 4. The maximum Gasteiger partial charge on any atom is 0.498 e. The first-order valence-corrected chi connectivity index (χ1v) is 51.2. The molecule has 1 saturated heterocycles. The number of benzene rings is 8. The number of nitrogens with zero attached hydrogens (tertiary/aromatic N) is 4. The number of ether oxygens (including phenoxy) is 8. The average molecular weight is 2110 g/mol. The van der Waals surface area contributed by atoms with Crippen LogP contribution in [0.3, 0.4) is 0 Å². The van der Waals surface area contributed by atoms with E-state index in [0.29, 0.717) is 149 Å². The molecule has 8 aromatic carbocycles. The molecular formula is C115H165B2BrN8O22. The smallest absolute Gasteiger partial charge is 0.491 e. The van der Waals surface area contributed by atoms with Crippen LogP contribution in [0.5, 0.6) is 23.0 Å². The van der Waals surface area contributed by atoms with Crippen molar-refractivity contribution in [1.29, 1.82) is 0 Å². The standard InChI is InChI=1S/C33H49BN2O6.C27H39BN2O6.C27H37BrN2O4.C27H38N2O4.CH2O2/c1-13-27(31(5,6)7)36(30(38)24-19-21(2)18-22(3)20-24)35-29(37)25-14-15-26(28(23(25)4)40-17-16-39-12)34-41-32(8,9)33(10,11)42-34;1-9-23(27(5,6)7)30(26(32)20-15-17(2)14-18(3)16-20)29-25(31)21-10-11-22(28(33)34)24(19(21)4)36-13-12-35-8;1-9-23(27(5,6)7)30(26(32)20-15-17(2)14-18(3)16-20)29-25(31)21-10-11-22(28)24(19(21)4)34-13-12-33-8;1-9-24(27(5,6)7)29(26(31)21-16-18(2)15-19(3)17-21)28-25(30)22-11-10-12-23(20(22)4)33-14-13-32-8;2-1-3/h14-15,18-20,27H,13,16-17H2,1-12H3,(H,35,37);10-11,14-16,23,33-34H,9,12-13H2,1-8H3,(H,29,31);10-11,14-16,23H,9,12-13H2,1-8H3,(H,29,31);10-12,15-17,24H,9,13-14H2,1-8H3,(H,28,30);1H,(H,2,3)/t27-;2*23-;24-;/m1111./s1. The Hall–Kier alpha value is -11.5. The van der Waals surface area contributed by atoms with Crippen LogP contribution in [0.25, 0.3) is 0 Å². The largest absolute Gasteiger partial charge is 0.498 e. The fourth-order valence-corrected chi connectivity index (χ4v) is 18.7. The van der Waals surface area contributed by atoms with E-state index in [1.807, 2.05) is 237 Å². The first-order chi connectivity index (χ1) is 69.0. The van der Waals surface area contributed by atoms with E-state index in [1.165, 1.54) is 39.3 Å². The molecular weight excluding hydrogens is 1950 g/mol. The van der Waals surface area contributed by atoms with Crippen molar-refractivity contribution in [1.82, 2.24) is 41.7 Å². The van der Waals surface area contributed by atoms with Crippen LogP contribution in [-0.4, -0.2) is 220 Å². The van der Waals surface area contributed by atoms with Crippen molar-refractivity contribution in [2.24, 2.45) is 21.7 Å². The molecule has 0 bridgehead atoms. The van der Waals surface area contributed by atoms with Crippen LogP contribution in [0.4, 0.5) is 0 Å². The maximum atomic E-state index is 14.0. The Bertz CT molecular complexity index is 5740. The number of hydrazine groups is 4. The Morgan fingerprint density at radius 2 is 0.622 bits per heavy atom. The molecule has 4 atom stereocenters. The summed E-state index contributed by atoms with van der Waals surface area (Å²) in [5.74, 6) is -0.683. The van der Waals surface area contributed by atoms with Crippen LogP contribution in [-0.2, 0) is 33.1 Å². The molecule has 148 heavy (non-hydrogen) atoms. The SMILES string of the molecule is CC[C@@H](N(NC(=O)c1ccc(B(O)O)c(OCCOC)c1C)C(=O)c1cc(C)cc(C)c1)C(C)(C)C.CC[C@@H](N(NC(=O)c1ccc(B2OC(C)(C)C(C)(C)O2)c(OCCOC)c1C)C(=O)c1cc(C)cc(C)c1)C(C)(C)C.CC[C@@H](N(NC(=O)c1ccc(Br)c(OCCOC)c1C)C(=O)c1cc(C)cc(C)c1)C(C)(C)C.CC[C@@H](N(NC(=O)c1cccc(OCCOC)c1C)C(=O)c1cc(C)cc(C)c1)C(C)(C)C.O=CO. The summed E-state index contributed by atoms with van der Waals surface area (Å²) in [4.78, 5) is 118. The van der Waals surface area contributed by atoms with Gasteiger partial charge in [-0.2, -0.15) is 0 Å². The fourth-order valence-electron chi connectivity index (χ4n) is 18.1. The molecule has 1 aliphatic rings. The molecule has 1 fully saturated rings. The van der Waals surface area contributed by atoms with Gasteiger partial charge in [0, 0.05) is 106 Å². The lowest BCUT2D eigenvalue weighted by molar-refractivity contribution is -0.122. The molecule has 0 aromatic heterocycles. The molecule has 8 aromatic rings. The Morgan fingerprint density at radius 1 is 0.372 bits per heavy atom. The van der Waals surface area contributed by atoms with Gasteiger partial charge < -0.3 is 62.4 Å². The average Bonchev–Trinajstić information content (AvgIpc) is 1.60. The number of halogens is 1. The summed E-state index contributed by atoms with van der Waals surface area (Å²) in [5.41, 5.74) is 24.4. The van der Waals surface area contributed by atoms with Gasteiger partial charge >= 0.3 is 14.2 Å². The number of carboxylic acid groups (broad SMARTS) is 1. The second-order valence-electron chi connectivity index (χ2n) is 42.9. The zero-order valence-electron chi connectivity index (χ0n) is 94.4. The molecule has 8 amide bonds. The summed E-state index contributed by atoms with van der Waals surface area (Å²) < 4.78 is 57.2. The predicted octanol–water partition coefficient (Wildman–Crippen LogP) is 19.4. The highest BCUT2D eigenvalue weighted by Gasteiger charge is 2.53. The lowest BCUT2D eigenvalue weighted by Gasteiger charge is -2.39. The lowest BCUT2D eigenvalue weighted by Crippen LogP contribution is -2.56. The van der Waals surface area contributed by atoms with Crippen LogP contribution in [0.1, 0.15) is 314 Å². The van der Waals surface area contributed by atoms with Crippen molar-refractivity contribution >= 4 is 94.8 Å². The van der Waals surface area contributed by atoms with Gasteiger partial charge in [-0.1, -0.05) is 198 Å². The summed E-state index contributed by atoms with van der Waals surface area (Å²) in [7, 11) is 3.91. The Morgan fingerprint density at radius 3 is 0.899 bits per heavy atom. The molecule has 9 rings (SSSR count). The van der Waals surface area contributed by atoms with E-state index in [-0.39, 0.29) is 118 Å². The number of aryl methyl sites for hydroxylation is 8. The van der Waals surface area contributed by atoms with E-state index in [0.717, 1.165) is 49.0 Å². The number of rotatable bonds is 34. The van der Waals surface area contributed by atoms with Gasteiger partial charge in [0.25, 0.3) is 53.7 Å². The quantitative estimate of drug-likeness (QED) is 0.00852. The Labute approximate surface area is 888 Å². The minimum Gasteiger partial charge on any atom is -0.491 e. The van der Waals surface area contributed by atoms with Gasteiger partial charge in [0.05, 0.1) is 66.3 Å². The molecule has 810 valence electrons. The van der Waals surface area contributed by atoms with E-state index in [4.69, 9.17) is 57.1 Å². The van der Waals surface area contributed by atoms with E-state index < -0.39 is 37.3 Å². The van der Waals surface area contributed by atoms with Gasteiger partial charge in [-0.25, -0.2) is 20.0 Å². The third kappa shape index (κ3) is 35.3. The topological polar surface area (TPSA) is 368 Å². The minimum absolute atomic E-state index is 0.143. The molecule has 0 radical (unpaired) electrons. The maximum absolute atomic E-state index is 14.0. The monoisotopic (exact) mass is 2110 g/mol. The number of methoxy groups -OCH3 is 4.